The second kappa shape index (κ2) is 12.4. The van der Waals surface area contributed by atoms with Crippen molar-refractivity contribution in [3.8, 4) is 0 Å². The third kappa shape index (κ3) is 5.24. The number of nitrogens with zero attached hydrogens (tertiary/aromatic N) is 2. The van der Waals surface area contributed by atoms with E-state index in [1.807, 2.05) is 67.6 Å². The lowest BCUT2D eigenvalue weighted by Gasteiger charge is -2.37. The molecule has 1 spiro atoms. The molecule has 6 atom stereocenters. The van der Waals surface area contributed by atoms with Crippen LogP contribution in [0.25, 0.3) is 0 Å². The molecule has 6 rings (SSSR count). The van der Waals surface area contributed by atoms with Crippen LogP contribution in [0.4, 0.5) is 0 Å². The first-order valence-electron chi connectivity index (χ1n) is 15.5. The third-order valence-corrected chi connectivity index (χ3v) is 9.98. The van der Waals surface area contributed by atoms with Gasteiger partial charge in [0.15, 0.2) is 0 Å². The lowest BCUT2D eigenvalue weighted by Crippen LogP contribution is -2.57. The van der Waals surface area contributed by atoms with Crippen molar-refractivity contribution in [2.24, 2.45) is 11.8 Å². The van der Waals surface area contributed by atoms with Crippen LogP contribution < -0.4 is 10.6 Å². The second-order valence-electron chi connectivity index (χ2n) is 12.1. The monoisotopic (exact) mass is 590 g/mol. The molecule has 0 aliphatic carbocycles. The van der Waals surface area contributed by atoms with Gasteiger partial charge < -0.3 is 30.1 Å². The van der Waals surface area contributed by atoms with E-state index in [9.17, 15) is 19.5 Å². The summed E-state index contributed by atoms with van der Waals surface area (Å²) in [6.07, 6.45) is 1.62. The summed E-state index contributed by atoms with van der Waals surface area (Å²) in [5.74, 6) is -2.43. The Bertz CT molecular complexity index is 1300. The average Bonchev–Trinajstić information content (AvgIpc) is 3.65. The van der Waals surface area contributed by atoms with Crippen LogP contribution in [0, 0.1) is 11.8 Å². The molecule has 2 bridgehead atoms. The Hall–Kier alpha value is -3.31. The average molecular weight is 591 g/mol. The van der Waals surface area contributed by atoms with Gasteiger partial charge in [0, 0.05) is 32.7 Å². The van der Waals surface area contributed by atoms with E-state index in [-0.39, 0.29) is 24.3 Å². The van der Waals surface area contributed by atoms with Gasteiger partial charge in [-0.05, 0) is 30.4 Å². The molecule has 3 amide bonds. The molecular formula is C33H42N4O6. The molecule has 4 fully saturated rings. The molecule has 4 aliphatic heterocycles. The quantitative estimate of drug-likeness (QED) is 0.364. The summed E-state index contributed by atoms with van der Waals surface area (Å²) in [7, 11) is 0. The lowest BCUT2D eigenvalue weighted by molar-refractivity contribution is -0.151. The van der Waals surface area contributed by atoms with Crippen molar-refractivity contribution in [2.45, 2.75) is 56.0 Å². The van der Waals surface area contributed by atoms with Crippen LogP contribution in [0.3, 0.4) is 0 Å². The Kier molecular flexibility index (Phi) is 8.55. The summed E-state index contributed by atoms with van der Waals surface area (Å²) in [6.45, 7) is 5.97. The van der Waals surface area contributed by atoms with Crippen molar-refractivity contribution < 1.29 is 29.0 Å². The van der Waals surface area contributed by atoms with E-state index in [4.69, 9.17) is 9.47 Å². The van der Waals surface area contributed by atoms with Gasteiger partial charge in [0.1, 0.15) is 11.6 Å². The minimum absolute atomic E-state index is 0.237. The Morgan fingerprint density at radius 1 is 1.00 bits per heavy atom. The maximum Gasteiger partial charge on any atom is 0.245 e. The number of carbonyl (C=O) groups excluding carboxylic acids is 3. The molecule has 3 N–H and O–H groups in total. The SMILES string of the molecule is CC[C@]12CCC3(O1)C(C(=O)NCCN1CCOCC1)N([C@H](CO)c1ccccc1)C(=O)[C@@H]3[C@H]2C(=O)NCc1ccccc1. The number of aliphatic hydroxyl groups excluding tert-OH is 1. The van der Waals surface area contributed by atoms with Crippen molar-refractivity contribution in [1.82, 2.24) is 20.4 Å². The number of aliphatic hydroxyl groups is 1. The van der Waals surface area contributed by atoms with Gasteiger partial charge in [-0.3, -0.25) is 19.3 Å². The zero-order chi connectivity index (χ0) is 30.0. The number of benzene rings is 2. The van der Waals surface area contributed by atoms with Gasteiger partial charge in [0.25, 0.3) is 0 Å². The molecular weight excluding hydrogens is 548 g/mol. The molecule has 0 aromatic heterocycles. The van der Waals surface area contributed by atoms with Gasteiger partial charge in [-0.1, -0.05) is 67.6 Å². The summed E-state index contributed by atoms with van der Waals surface area (Å²) in [5.41, 5.74) is -0.305. The highest BCUT2D eigenvalue weighted by Crippen LogP contribution is 2.65. The standard InChI is InChI=1S/C33H42N4O6/c1-2-32-13-14-33(43-32)27(26(32)29(39)35-21-23-9-5-3-6-10-23)31(41)37(25(22-38)24-11-7-4-8-12-24)28(33)30(40)34-15-16-36-17-19-42-20-18-36/h3-12,25-28,38H,2,13-22H2,1H3,(H,34,40)(H,35,39)/t25-,26+,27+,28?,32-,33?/m1/s1. The maximum absolute atomic E-state index is 14.6. The number of rotatable bonds is 11. The normalized spacial score (nSPS) is 30.7. The van der Waals surface area contributed by atoms with Gasteiger partial charge in [0.05, 0.1) is 43.3 Å². The first kappa shape index (κ1) is 29.7. The van der Waals surface area contributed by atoms with Crippen molar-refractivity contribution in [1.29, 1.82) is 0 Å². The number of likely N-dealkylation sites (tertiary alicyclic amines) is 1. The molecule has 4 aliphatic rings. The highest BCUT2D eigenvalue weighted by molar-refractivity contribution is 5.99. The van der Waals surface area contributed by atoms with Crippen molar-refractivity contribution in [3.63, 3.8) is 0 Å². The van der Waals surface area contributed by atoms with Crippen LogP contribution in [0.5, 0.6) is 0 Å². The molecule has 0 radical (unpaired) electrons. The number of carbonyl (C=O) groups is 3. The van der Waals surface area contributed by atoms with E-state index in [1.54, 1.807) is 0 Å². The number of nitrogens with one attached hydrogen (secondary N) is 2. The molecule has 43 heavy (non-hydrogen) atoms. The van der Waals surface area contributed by atoms with Crippen LogP contribution in [-0.2, 0) is 30.4 Å². The molecule has 2 aromatic rings. The number of fused-ring (bicyclic) bond motifs is 1. The largest absolute Gasteiger partial charge is 0.394 e. The van der Waals surface area contributed by atoms with Gasteiger partial charge in [-0.15, -0.1) is 0 Å². The van der Waals surface area contributed by atoms with Gasteiger partial charge in [0.2, 0.25) is 17.7 Å². The number of morpholine rings is 1. The topological polar surface area (TPSA) is 120 Å². The smallest absolute Gasteiger partial charge is 0.245 e. The molecule has 2 unspecified atom stereocenters. The molecule has 4 saturated heterocycles. The van der Waals surface area contributed by atoms with Crippen LogP contribution in [0.2, 0.25) is 0 Å². The molecule has 4 heterocycles. The molecule has 0 saturated carbocycles. The fourth-order valence-electron chi connectivity index (χ4n) is 7.87. The van der Waals surface area contributed by atoms with E-state index >= 15 is 0 Å². The number of ether oxygens (including phenoxy) is 2. The fraction of sp³-hybridized carbons (Fsp3) is 0.545. The van der Waals surface area contributed by atoms with Crippen LogP contribution in [-0.4, -0.2) is 95.9 Å². The Morgan fingerprint density at radius 3 is 2.37 bits per heavy atom. The van der Waals surface area contributed by atoms with Crippen LogP contribution >= 0.6 is 0 Å². The molecule has 230 valence electrons. The molecule has 10 nitrogen and oxygen atoms in total. The summed E-state index contributed by atoms with van der Waals surface area (Å²) in [6, 6.07) is 17.2. The van der Waals surface area contributed by atoms with Crippen molar-refractivity contribution in [3.05, 3.63) is 71.8 Å². The van der Waals surface area contributed by atoms with E-state index in [1.165, 1.54) is 4.90 Å². The minimum Gasteiger partial charge on any atom is -0.394 e. The first-order valence-corrected chi connectivity index (χ1v) is 15.5. The van der Waals surface area contributed by atoms with E-state index < -0.39 is 35.1 Å². The minimum atomic E-state index is -1.16. The zero-order valence-electron chi connectivity index (χ0n) is 24.7. The van der Waals surface area contributed by atoms with Crippen molar-refractivity contribution >= 4 is 17.7 Å². The Morgan fingerprint density at radius 2 is 1.70 bits per heavy atom. The van der Waals surface area contributed by atoms with Crippen LogP contribution in [0.15, 0.2) is 60.7 Å². The molecule has 10 heteroatoms. The summed E-state index contributed by atoms with van der Waals surface area (Å²) >= 11 is 0. The molecule has 2 aromatic carbocycles. The predicted octanol–water partition coefficient (Wildman–Crippen LogP) is 1.64. The predicted molar refractivity (Wildman–Crippen MR) is 159 cm³/mol. The van der Waals surface area contributed by atoms with E-state index in [2.05, 4.69) is 15.5 Å². The van der Waals surface area contributed by atoms with E-state index in [0.29, 0.717) is 52.1 Å². The first-order chi connectivity index (χ1) is 20.9. The van der Waals surface area contributed by atoms with Crippen LogP contribution in [0.1, 0.15) is 43.4 Å². The second-order valence-corrected chi connectivity index (χ2v) is 12.1. The summed E-state index contributed by atoms with van der Waals surface area (Å²) < 4.78 is 12.3. The fourth-order valence-corrected chi connectivity index (χ4v) is 7.87. The number of hydrogen-bond donors (Lipinski definition) is 3. The highest BCUT2D eigenvalue weighted by atomic mass is 16.5. The Labute approximate surface area is 252 Å². The van der Waals surface area contributed by atoms with Crippen molar-refractivity contribution in [2.75, 3.05) is 46.0 Å². The number of hydrogen-bond acceptors (Lipinski definition) is 7. The maximum atomic E-state index is 14.6. The van der Waals surface area contributed by atoms with Gasteiger partial charge in [-0.25, -0.2) is 0 Å². The number of amides is 3. The summed E-state index contributed by atoms with van der Waals surface area (Å²) in [5, 5.41) is 16.8. The Balaban J connectivity index is 1.32. The zero-order valence-corrected chi connectivity index (χ0v) is 24.7. The van der Waals surface area contributed by atoms with Gasteiger partial charge in [-0.2, -0.15) is 0 Å². The summed E-state index contributed by atoms with van der Waals surface area (Å²) in [4.78, 5) is 46.5. The third-order valence-electron chi connectivity index (χ3n) is 9.98. The lowest BCUT2D eigenvalue weighted by atomic mass is 9.65. The van der Waals surface area contributed by atoms with Gasteiger partial charge >= 0.3 is 0 Å². The highest BCUT2D eigenvalue weighted by Gasteiger charge is 2.79. The van der Waals surface area contributed by atoms with E-state index in [0.717, 1.165) is 24.2 Å².